The molecule has 0 aromatic carbocycles. The summed E-state index contributed by atoms with van der Waals surface area (Å²) in [5.41, 5.74) is -1.06. The number of urea groups is 1. The van der Waals surface area contributed by atoms with Crippen molar-refractivity contribution < 1.29 is 14.7 Å². The van der Waals surface area contributed by atoms with Crippen LogP contribution in [-0.4, -0.2) is 41.1 Å². The number of hydrogen-bond donors (Lipinski definition) is 2. The molecule has 0 aromatic rings. The van der Waals surface area contributed by atoms with Crippen LogP contribution in [-0.2, 0) is 4.79 Å². The van der Waals surface area contributed by atoms with Crippen LogP contribution in [0, 0.1) is 5.92 Å². The molecule has 0 saturated heterocycles. The number of carboxylic acid groups (broad SMARTS) is 1. The third-order valence-electron chi connectivity index (χ3n) is 4.20. The Morgan fingerprint density at radius 3 is 2.32 bits per heavy atom. The molecule has 2 N–H and O–H groups in total. The highest BCUT2D eigenvalue weighted by molar-refractivity contribution is 5.86. The summed E-state index contributed by atoms with van der Waals surface area (Å²) < 4.78 is 0. The van der Waals surface area contributed by atoms with Gasteiger partial charge in [-0.3, -0.25) is 0 Å². The van der Waals surface area contributed by atoms with Gasteiger partial charge in [-0.2, -0.15) is 0 Å². The van der Waals surface area contributed by atoms with E-state index in [1.165, 1.54) is 0 Å². The average molecular weight is 270 g/mol. The first-order valence-electron chi connectivity index (χ1n) is 7.21. The Hall–Kier alpha value is -1.26. The van der Waals surface area contributed by atoms with Gasteiger partial charge < -0.3 is 15.3 Å². The Labute approximate surface area is 115 Å². The van der Waals surface area contributed by atoms with E-state index in [-0.39, 0.29) is 6.03 Å². The normalized spacial score (nSPS) is 26.8. The van der Waals surface area contributed by atoms with Gasteiger partial charge in [-0.15, -0.1) is 0 Å². The Balaban J connectivity index is 2.68. The summed E-state index contributed by atoms with van der Waals surface area (Å²) >= 11 is 0. The van der Waals surface area contributed by atoms with Gasteiger partial charge in [0, 0.05) is 13.6 Å². The minimum atomic E-state index is -1.06. The van der Waals surface area contributed by atoms with E-state index in [9.17, 15) is 14.7 Å². The van der Waals surface area contributed by atoms with E-state index < -0.39 is 11.5 Å². The lowest BCUT2D eigenvalue weighted by Gasteiger charge is -2.38. The van der Waals surface area contributed by atoms with Crippen molar-refractivity contribution in [3.63, 3.8) is 0 Å². The standard InChI is InChI=1S/C14H26N2O3/c1-4-10-16(3)13(19)15-14(12(17)18)8-6-11(5-2)7-9-14/h11H,4-10H2,1-3H3,(H,15,19)(H,17,18). The van der Waals surface area contributed by atoms with E-state index in [2.05, 4.69) is 12.2 Å². The van der Waals surface area contributed by atoms with Gasteiger partial charge >= 0.3 is 12.0 Å². The lowest BCUT2D eigenvalue weighted by molar-refractivity contribution is -0.146. The summed E-state index contributed by atoms with van der Waals surface area (Å²) in [6.07, 6.45) is 4.77. The maximum atomic E-state index is 12.0. The Bertz CT molecular complexity index is 323. The zero-order valence-electron chi connectivity index (χ0n) is 12.2. The van der Waals surface area contributed by atoms with E-state index in [1.54, 1.807) is 11.9 Å². The molecule has 0 unspecified atom stereocenters. The Morgan fingerprint density at radius 1 is 1.32 bits per heavy atom. The second kappa shape index (κ2) is 6.78. The van der Waals surface area contributed by atoms with Crippen molar-refractivity contribution in [1.82, 2.24) is 10.2 Å². The molecule has 110 valence electrons. The molecule has 0 bridgehead atoms. The van der Waals surface area contributed by atoms with Gasteiger partial charge in [0.25, 0.3) is 0 Å². The van der Waals surface area contributed by atoms with E-state index in [1.807, 2.05) is 6.92 Å². The molecule has 0 radical (unpaired) electrons. The lowest BCUT2D eigenvalue weighted by atomic mass is 9.75. The van der Waals surface area contributed by atoms with Crippen LogP contribution >= 0.6 is 0 Å². The number of rotatable bonds is 5. The Kier molecular flexibility index (Phi) is 5.63. The molecular weight excluding hydrogens is 244 g/mol. The van der Waals surface area contributed by atoms with Gasteiger partial charge in [0.15, 0.2) is 0 Å². The van der Waals surface area contributed by atoms with Gasteiger partial charge in [0.05, 0.1) is 0 Å². The van der Waals surface area contributed by atoms with Crippen LogP contribution in [0.15, 0.2) is 0 Å². The summed E-state index contributed by atoms with van der Waals surface area (Å²) in [4.78, 5) is 25.1. The molecule has 0 aliphatic heterocycles. The molecule has 0 atom stereocenters. The van der Waals surface area contributed by atoms with Gasteiger partial charge in [-0.25, -0.2) is 9.59 Å². The number of carbonyl (C=O) groups is 2. The lowest BCUT2D eigenvalue weighted by Crippen LogP contribution is -2.58. The minimum absolute atomic E-state index is 0.279. The van der Waals surface area contributed by atoms with E-state index in [0.717, 1.165) is 25.7 Å². The fraction of sp³-hybridized carbons (Fsp3) is 0.857. The van der Waals surface area contributed by atoms with Crippen LogP contribution in [0.25, 0.3) is 0 Å². The number of hydrogen-bond acceptors (Lipinski definition) is 2. The summed E-state index contributed by atoms with van der Waals surface area (Å²) in [5.74, 6) is -0.307. The SMILES string of the molecule is CCCN(C)C(=O)NC1(C(=O)O)CCC(CC)CC1. The first-order chi connectivity index (χ1) is 8.95. The monoisotopic (exact) mass is 270 g/mol. The summed E-state index contributed by atoms with van der Waals surface area (Å²) in [6.45, 7) is 4.76. The van der Waals surface area contributed by atoms with Crippen molar-refractivity contribution in [2.24, 2.45) is 5.92 Å². The van der Waals surface area contributed by atoms with Crippen LogP contribution in [0.2, 0.25) is 0 Å². The predicted molar refractivity (Wildman–Crippen MR) is 74.1 cm³/mol. The van der Waals surface area contributed by atoms with Crippen LogP contribution in [0.3, 0.4) is 0 Å². The third-order valence-corrected chi connectivity index (χ3v) is 4.20. The van der Waals surface area contributed by atoms with E-state index in [4.69, 9.17) is 0 Å². The molecule has 1 rings (SSSR count). The van der Waals surface area contributed by atoms with Crippen molar-refractivity contribution in [1.29, 1.82) is 0 Å². The van der Waals surface area contributed by atoms with Gasteiger partial charge in [0.2, 0.25) is 0 Å². The van der Waals surface area contributed by atoms with Gasteiger partial charge in [-0.05, 0) is 38.0 Å². The molecule has 2 amide bonds. The summed E-state index contributed by atoms with van der Waals surface area (Å²) in [7, 11) is 1.70. The predicted octanol–water partition coefficient (Wildman–Crippen LogP) is 2.46. The molecule has 5 heteroatoms. The quantitative estimate of drug-likeness (QED) is 0.806. The van der Waals surface area contributed by atoms with Crippen LogP contribution in [0.1, 0.15) is 52.4 Å². The van der Waals surface area contributed by atoms with Crippen LogP contribution < -0.4 is 5.32 Å². The van der Waals surface area contributed by atoms with Crippen LogP contribution in [0.4, 0.5) is 4.79 Å². The van der Waals surface area contributed by atoms with E-state index >= 15 is 0 Å². The van der Waals surface area contributed by atoms with E-state index in [0.29, 0.717) is 25.3 Å². The molecule has 1 fully saturated rings. The summed E-state index contributed by atoms with van der Waals surface area (Å²) in [6, 6.07) is -0.279. The zero-order valence-corrected chi connectivity index (χ0v) is 12.2. The highest BCUT2D eigenvalue weighted by Gasteiger charge is 2.43. The topological polar surface area (TPSA) is 69.6 Å². The number of amides is 2. The molecule has 1 aliphatic carbocycles. The molecule has 0 spiro atoms. The van der Waals surface area contributed by atoms with Crippen molar-refractivity contribution in [3.05, 3.63) is 0 Å². The van der Waals surface area contributed by atoms with Crippen molar-refractivity contribution >= 4 is 12.0 Å². The maximum absolute atomic E-state index is 12.0. The highest BCUT2D eigenvalue weighted by Crippen LogP contribution is 2.34. The molecule has 0 aromatic heterocycles. The Morgan fingerprint density at radius 2 is 1.89 bits per heavy atom. The first kappa shape index (κ1) is 15.8. The maximum Gasteiger partial charge on any atom is 0.329 e. The second-order valence-corrected chi connectivity index (χ2v) is 5.59. The van der Waals surface area contributed by atoms with Crippen molar-refractivity contribution in [3.8, 4) is 0 Å². The van der Waals surface area contributed by atoms with Gasteiger partial charge in [-0.1, -0.05) is 20.3 Å². The fourth-order valence-corrected chi connectivity index (χ4v) is 2.71. The third kappa shape index (κ3) is 3.85. The number of nitrogens with one attached hydrogen (secondary N) is 1. The molecule has 19 heavy (non-hydrogen) atoms. The van der Waals surface area contributed by atoms with Crippen molar-refractivity contribution in [2.75, 3.05) is 13.6 Å². The number of carboxylic acids is 1. The minimum Gasteiger partial charge on any atom is -0.480 e. The number of carbonyl (C=O) groups excluding carboxylic acids is 1. The number of nitrogens with zero attached hydrogens (tertiary/aromatic N) is 1. The first-order valence-corrected chi connectivity index (χ1v) is 7.21. The molecule has 5 nitrogen and oxygen atoms in total. The van der Waals surface area contributed by atoms with Crippen molar-refractivity contribution in [2.45, 2.75) is 57.9 Å². The molecule has 1 aliphatic rings. The molecule has 0 heterocycles. The van der Waals surface area contributed by atoms with Gasteiger partial charge in [0.1, 0.15) is 5.54 Å². The average Bonchev–Trinajstić information content (AvgIpc) is 2.39. The molecule has 1 saturated carbocycles. The molecular formula is C14H26N2O3. The fourth-order valence-electron chi connectivity index (χ4n) is 2.71. The largest absolute Gasteiger partial charge is 0.480 e. The highest BCUT2D eigenvalue weighted by atomic mass is 16.4. The van der Waals surface area contributed by atoms with Crippen LogP contribution in [0.5, 0.6) is 0 Å². The smallest absolute Gasteiger partial charge is 0.329 e. The second-order valence-electron chi connectivity index (χ2n) is 5.59. The number of aliphatic carboxylic acids is 1. The summed E-state index contributed by atoms with van der Waals surface area (Å²) in [5, 5.41) is 12.2. The zero-order chi connectivity index (χ0) is 14.5.